The van der Waals surface area contributed by atoms with Crippen LogP contribution in [0.5, 0.6) is 0 Å². The van der Waals surface area contributed by atoms with Gasteiger partial charge in [-0.3, -0.25) is 0 Å². The van der Waals surface area contributed by atoms with Crippen molar-refractivity contribution in [1.29, 1.82) is 0 Å². The summed E-state index contributed by atoms with van der Waals surface area (Å²) in [6.07, 6.45) is 0. The fourth-order valence-electron chi connectivity index (χ4n) is 1.34. The summed E-state index contributed by atoms with van der Waals surface area (Å²) in [5.74, 6) is 0. The zero-order valence-corrected chi connectivity index (χ0v) is 16.5. The number of hydrogen-bond donors (Lipinski definition) is 0. The van der Waals surface area contributed by atoms with Gasteiger partial charge in [0.2, 0.25) is 9.84 Å². The van der Waals surface area contributed by atoms with E-state index in [2.05, 4.69) is 0 Å². The number of rotatable bonds is 2. The SMILES string of the molecule is C.CC.O=S(=O)(c1ccccc1)c1ccccc1.[2H]C.[U]. The third kappa shape index (κ3) is 6.26. The molecule has 0 spiro atoms. The summed E-state index contributed by atoms with van der Waals surface area (Å²) in [4.78, 5) is 0.660. The Morgan fingerprint density at radius 3 is 1.25 bits per heavy atom. The minimum absolute atomic E-state index is 0. The second-order valence-corrected chi connectivity index (χ2v) is 5.08. The summed E-state index contributed by atoms with van der Waals surface area (Å²) in [7, 11) is -2.09. The average molecular weight is 519 g/mol. The molecule has 2 aromatic carbocycles. The van der Waals surface area contributed by atoms with Crippen molar-refractivity contribution in [3.8, 4) is 0 Å². The van der Waals surface area contributed by atoms with Crippen molar-refractivity contribution in [2.24, 2.45) is 0 Å². The molecule has 110 valence electrons. The first-order valence-corrected chi connectivity index (χ1v) is 7.05. The van der Waals surface area contributed by atoms with Crippen molar-refractivity contribution in [2.45, 2.75) is 38.5 Å². The molecule has 0 aliphatic heterocycles. The van der Waals surface area contributed by atoms with Gasteiger partial charge in [-0.05, 0) is 24.3 Å². The van der Waals surface area contributed by atoms with Crippen molar-refractivity contribution in [2.75, 3.05) is 0 Å². The second kappa shape index (κ2) is 12.2. The topological polar surface area (TPSA) is 34.1 Å². The number of sulfone groups is 1. The van der Waals surface area contributed by atoms with E-state index < -0.39 is 9.84 Å². The summed E-state index contributed by atoms with van der Waals surface area (Å²) in [5.41, 5.74) is 0. The Labute approximate surface area is 149 Å². The monoisotopic (exact) mass is 519 g/mol. The third-order valence-electron chi connectivity index (χ3n) is 2.11. The van der Waals surface area contributed by atoms with E-state index in [1.807, 2.05) is 13.8 Å². The maximum Gasteiger partial charge on any atom is 0.206 e. The molecule has 20 heavy (non-hydrogen) atoms. The molecule has 0 radical (unpaired) electrons. The van der Waals surface area contributed by atoms with Crippen molar-refractivity contribution in [3.63, 3.8) is 0 Å². The molecule has 0 aliphatic rings. The maximum absolute atomic E-state index is 12.0. The number of benzene rings is 2. The molecule has 0 amide bonds. The van der Waals surface area contributed by atoms with Gasteiger partial charge in [0, 0.05) is 32.5 Å². The van der Waals surface area contributed by atoms with E-state index in [0.717, 1.165) is 0 Å². The van der Waals surface area contributed by atoms with Gasteiger partial charge in [-0.15, -0.1) is 0 Å². The van der Waals surface area contributed by atoms with Crippen molar-refractivity contribution in [1.82, 2.24) is 0 Å². The Balaban J connectivity index is -0.000000499. The molecule has 0 heterocycles. The Hall–Kier alpha value is -0.558. The van der Waals surface area contributed by atoms with E-state index in [0.29, 0.717) is 9.79 Å². The van der Waals surface area contributed by atoms with E-state index in [4.69, 9.17) is 1.37 Å². The first-order chi connectivity index (χ1) is 9.21. The molecule has 0 atom stereocenters. The second-order valence-electron chi connectivity index (χ2n) is 3.13. The molecule has 0 N–H and O–H groups in total. The molecule has 0 bridgehead atoms. The van der Waals surface area contributed by atoms with Gasteiger partial charge in [0.05, 0.1) is 9.79 Å². The van der Waals surface area contributed by atoms with E-state index >= 15 is 0 Å². The van der Waals surface area contributed by atoms with Gasteiger partial charge < -0.3 is 0 Å². The molecular weight excluding hydrogens is 494 g/mol. The fraction of sp³-hybridized carbons (Fsp3) is 0.250. The summed E-state index contributed by atoms with van der Waals surface area (Å²) in [6.45, 7) is 4.00. The average Bonchev–Trinajstić information content (AvgIpc) is 2.53. The first kappa shape index (κ1) is 21.7. The molecular formula is C16H24O2SU. The summed E-state index contributed by atoms with van der Waals surface area (Å²) < 4.78 is 29.8. The molecule has 2 aromatic rings. The van der Waals surface area contributed by atoms with Crippen LogP contribution < -0.4 is 0 Å². The van der Waals surface area contributed by atoms with Gasteiger partial charge in [0.25, 0.3) is 0 Å². The smallest absolute Gasteiger partial charge is 0.206 e. The standard InChI is InChI=1S/C12H10O2S.C2H6.2CH4.U/c13-15(14,11-7-3-1-4-8-11)12-9-5-2-6-10-12;1-2;;;/h1-10H;1-2H3;2*1H4;/i;;1D;;. The third-order valence-corrected chi connectivity index (χ3v) is 3.89. The molecule has 0 fully saturated rings. The molecule has 0 saturated heterocycles. The van der Waals surface area contributed by atoms with Crippen LogP contribution >= 0.6 is 0 Å². The van der Waals surface area contributed by atoms with Crippen molar-refractivity contribution < 1.29 is 40.9 Å². The Kier molecular flexibility index (Phi) is 13.3. The van der Waals surface area contributed by atoms with Crippen LogP contribution in [0.4, 0.5) is 0 Å². The van der Waals surface area contributed by atoms with E-state index in [-0.39, 0.29) is 38.5 Å². The molecule has 2 rings (SSSR count). The summed E-state index contributed by atoms with van der Waals surface area (Å²) >= 11 is 0. The van der Waals surface area contributed by atoms with Gasteiger partial charge in [-0.2, -0.15) is 0 Å². The van der Waals surface area contributed by atoms with Crippen LogP contribution in [-0.2, 0) is 9.84 Å². The summed E-state index contributed by atoms with van der Waals surface area (Å²) in [6, 6.07) is 16.9. The van der Waals surface area contributed by atoms with E-state index in [9.17, 15) is 8.42 Å². The van der Waals surface area contributed by atoms with Crippen LogP contribution in [-0.4, -0.2) is 8.42 Å². The van der Waals surface area contributed by atoms with Crippen LogP contribution in [0.3, 0.4) is 0 Å². The molecule has 2 nitrogen and oxygen atoms in total. The van der Waals surface area contributed by atoms with Crippen LogP contribution in [0, 0.1) is 31.1 Å². The Morgan fingerprint density at radius 1 is 0.750 bits per heavy atom. The van der Waals surface area contributed by atoms with Gasteiger partial charge >= 0.3 is 0 Å². The van der Waals surface area contributed by atoms with E-state index in [1.165, 1.54) is 7.40 Å². The molecule has 0 aromatic heterocycles. The van der Waals surface area contributed by atoms with E-state index in [1.54, 1.807) is 60.7 Å². The Bertz CT molecular complexity index is 498. The number of hydrogen-bond acceptors (Lipinski definition) is 2. The summed E-state index contributed by atoms with van der Waals surface area (Å²) in [5, 5.41) is 0. The van der Waals surface area contributed by atoms with Gasteiger partial charge in [-0.1, -0.05) is 65.1 Å². The van der Waals surface area contributed by atoms with Crippen molar-refractivity contribution >= 4 is 9.84 Å². The van der Waals surface area contributed by atoms with Gasteiger partial charge in [0.15, 0.2) is 0 Å². The maximum atomic E-state index is 12.0. The minimum atomic E-state index is -3.34. The predicted molar refractivity (Wildman–Crippen MR) is 83.1 cm³/mol. The van der Waals surface area contributed by atoms with Crippen LogP contribution in [0.2, 0.25) is 0 Å². The molecule has 4 heteroatoms. The Morgan fingerprint density at radius 2 is 1.00 bits per heavy atom. The normalized spacial score (nSPS) is 9.05. The van der Waals surface area contributed by atoms with Crippen LogP contribution in [0.15, 0.2) is 70.5 Å². The minimum Gasteiger partial charge on any atom is -0.219 e. The van der Waals surface area contributed by atoms with Crippen LogP contribution in [0.25, 0.3) is 0 Å². The van der Waals surface area contributed by atoms with Gasteiger partial charge in [0.1, 0.15) is 0 Å². The molecule has 0 saturated carbocycles. The first-order valence-electron chi connectivity index (χ1n) is 6.56. The predicted octanol–water partition coefficient (Wildman–Crippen LogP) is 4.82. The largest absolute Gasteiger partial charge is 0.219 e. The fourth-order valence-corrected chi connectivity index (χ4v) is 2.64. The molecule has 0 aliphatic carbocycles. The zero-order valence-electron chi connectivity index (χ0n) is 12.5. The zero-order chi connectivity index (χ0) is 14.7. The quantitative estimate of drug-likeness (QED) is 0.571. The van der Waals surface area contributed by atoms with Crippen molar-refractivity contribution in [3.05, 3.63) is 60.7 Å². The van der Waals surface area contributed by atoms with Gasteiger partial charge in [-0.25, -0.2) is 8.42 Å². The molecule has 0 unspecified atom stereocenters. The van der Waals surface area contributed by atoms with Crippen LogP contribution in [0.1, 0.15) is 30.0 Å².